The number of hydrogen-bond acceptors (Lipinski definition) is 6. The normalized spacial score (nSPS) is 11.0. The number of nitrogens with zero attached hydrogens (tertiary/aromatic N) is 6. The van der Waals surface area contributed by atoms with Gasteiger partial charge in [0.05, 0.1) is 11.4 Å². The molecule has 0 radical (unpaired) electrons. The highest BCUT2D eigenvalue weighted by Crippen LogP contribution is 2.25. The summed E-state index contributed by atoms with van der Waals surface area (Å²) in [5.41, 5.74) is 3.99. The molecule has 0 unspecified atom stereocenters. The molecule has 158 valence electrons. The van der Waals surface area contributed by atoms with E-state index in [1.807, 2.05) is 22.9 Å². The Labute approximate surface area is 182 Å². The Kier molecular flexibility index (Phi) is 5.81. The Bertz CT molecular complexity index is 1250. The second kappa shape index (κ2) is 8.68. The van der Waals surface area contributed by atoms with Crippen molar-refractivity contribution < 1.29 is 9.18 Å². The number of nitrogens with one attached hydrogen (secondary N) is 1. The molecular weight excluding hydrogens is 417 g/mol. The van der Waals surface area contributed by atoms with Crippen molar-refractivity contribution in [1.29, 1.82) is 0 Å². The van der Waals surface area contributed by atoms with Crippen LogP contribution in [0.1, 0.15) is 17.0 Å². The van der Waals surface area contributed by atoms with E-state index < -0.39 is 5.82 Å². The summed E-state index contributed by atoms with van der Waals surface area (Å²) in [6, 6.07) is 10.3. The number of halogens is 1. The molecule has 0 atom stereocenters. The number of aromatic nitrogens is 6. The smallest absolute Gasteiger partial charge is 0.234 e. The summed E-state index contributed by atoms with van der Waals surface area (Å²) in [4.78, 5) is 16.9. The van der Waals surface area contributed by atoms with Gasteiger partial charge >= 0.3 is 0 Å². The molecule has 0 spiro atoms. The van der Waals surface area contributed by atoms with Gasteiger partial charge in [-0.2, -0.15) is 4.68 Å². The summed E-state index contributed by atoms with van der Waals surface area (Å²) >= 11 is 1.33. The lowest BCUT2D eigenvalue weighted by atomic mass is 10.1. The average molecular weight is 438 g/mol. The number of imidazole rings is 1. The molecule has 0 bridgehead atoms. The van der Waals surface area contributed by atoms with Crippen LogP contribution in [-0.2, 0) is 4.79 Å². The van der Waals surface area contributed by atoms with E-state index in [1.165, 1.54) is 40.2 Å². The van der Waals surface area contributed by atoms with E-state index in [0.29, 0.717) is 16.7 Å². The first-order valence-corrected chi connectivity index (χ1v) is 10.5. The molecule has 0 saturated carbocycles. The fourth-order valence-corrected chi connectivity index (χ4v) is 3.88. The summed E-state index contributed by atoms with van der Waals surface area (Å²) in [6.07, 6.45) is 3.59. The topological polar surface area (TPSA) is 90.5 Å². The SMILES string of the molecule is Cc1cccc(-n2ccnc2SCC(=O)Nc2ccc(F)c(-n3nnnc3C)c2)c1C. The molecule has 1 amide bonds. The number of benzene rings is 2. The lowest BCUT2D eigenvalue weighted by Gasteiger charge is -2.12. The van der Waals surface area contributed by atoms with Gasteiger partial charge in [-0.3, -0.25) is 9.36 Å². The quantitative estimate of drug-likeness (QED) is 0.463. The van der Waals surface area contributed by atoms with Crippen molar-refractivity contribution in [2.75, 3.05) is 11.1 Å². The Balaban J connectivity index is 1.46. The Morgan fingerprint density at radius 3 is 2.77 bits per heavy atom. The van der Waals surface area contributed by atoms with Crippen LogP contribution in [-0.4, -0.2) is 41.4 Å². The van der Waals surface area contributed by atoms with Crippen molar-refractivity contribution in [3.63, 3.8) is 0 Å². The number of amides is 1. The molecule has 0 fully saturated rings. The molecule has 4 rings (SSSR count). The maximum atomic E-state index is 14.2. The molecule has 4 aromatic rings. The largest absolute Gasteiger partial charge is 0.325 e. The third kappa shape index (κ3) is 4.33. The number of hydrogen-bond donors (Lipinski definition) is 1. The predicted molar refractivity (Wildman–Crippen MR) is 116 cm³/mol. The molecule has 0 aliphatic rings. The molecule has 31 heavy (non-hydrogen) atoms. The van der Waals surface area contributed by atoms with Crippen LogP contribution in [0.4, 0.5) is 10.1 Å². The van der Waals surface area contributed by atoms with Crippen molar-refractivity contribution >= 4 is 23.4 Å². The van der Waals surface area contributed by atoms with Crippen LogP contribution in [0.15, 0.2) is 53.9 Å². The van der Waals surface area contributed by atoms with Gasteiger partial charge in [0, 0.05) is 18.1 Å². The minimum Gasteiger partial charge on any atom is -0.325 e. The number of aryl methyl sites for hydroxylation is 2. The predicted octanol–water partition coefficient (Wildman–Crippen LogP) is 3.64. The van der Waals surface area contributed by atoms with E-state index >= 15 is 0 Å². The van der Waals surface area contributed by atoms with Crippen molar-refractivity contribution in [3.8, 4) is 11.4 Å². The molecule has 0 aliphatic carbocycles. The number of rotatable bonds is 6. The zero-order chi connectivity index (χ0) is 22.0. The minimum absolute atomic E-state index is 0.151. The molecule has 10 heteroatoms. The van der Waals surface area contributed by atoms with Crippen molar-refractivity contribution in [2.24, 2.45) is 0 Å². The molecule has 2 heterocycles. The van der Waals surface area contributed by atoms with Gasteiger partial charge in [-0.05, 0) is 66.6 Å². The van der Waals surface area contributed by atoms with E-state index in [1.54, 1.807) is 13.1 Å². The zero-order valence-corrected chi connectivity index (χ0v) is 18.0. The zero-order valence-electron chi connectivity index (χ0n) is 17.2. The standard InChI is InChI=1S/C21H20FN7OS/c1-13-5-4-6-18(14(13)2)28-10-9-23-21(28)31-12-20(30)24-16-7-8-17(22)19(11-16)29-15(3)25-26-27-29/h4-11H,12H2,1-3H3,(H,24,30). The van der Waals surface area contributed by atoms with E-state index in [2.05, 4.69) is 45.7 Å². The summed E-state index contributed by atoms with van der Waals surface area (Å²) in [6.45, 7) is 5.79. The van der Waals surface area contributed by atoms with Crippen LogP contribution in [0.3, 0.4) is 0 Å². The average Bonchev–Trinajstić information content (AvgIpc) is 3.39. The monoisotopic (exact) mass is 437 g/mol. The third-order valence-corrected chi connectivity index (χ3v) is 5.83. The van der Waals surface area contributed by atoms with Crippen LogP contribution in [0, 0.1) is 26.6 Å². The highest BCUT2D eigenvalue weighted by molar-refractivity contribution is 7.99. The molecule has 1 N–H and O–H groups in total. The summed E-state index contributed by atoms with van der Waals surface area (Å²) in [5.74, 6) is -0.126. The minimum atomic E-state index is -0.488. The Hall–Kier alpha value is -3.53. The Morgan fingerprint density at radius 1 is 1.16 bits per heavy atom. The van der Waals surface area contributed by atoms with Gasteiger partial charge in [0.2, 0.25) is 5.91 Å². The summed E-state index contributed by atoms with van der Waals surface area (Å²) in [7, 11) is 0. The highest BCUT2D eigenvalue weighted by Gasteiger charge is 2.14. The second-order valence-corrected chi connectivity index (χ2v) is 7.88. The number of carbonyl (C=O) groups is 1. The van der Waals surface area contributed by atoms with Crippen molar-refractivity contribution in [1.82, 2.24) is 29.8 Å². The van der Waals surface area contributed by atoms with Crippen LogP contribution in [0.2, 0.25) is 0 Å². The van der Waals surface area contributed by atoms with Gasteiger partial charge in [0.1, 0.15) is 11.5 Å². The first kappa shape index (κ1) is 20.7. The number of carbonyl (C=O) groups excluding carboxylic acids is 1. The van der Waals surface area contributed by atoms with Crippen LogP contribution >= 0.6 is 11.8 Å². The van der Waals surface area contributed by atoms with Crippen molar-refractivity contribution in [2.45, 2.75) is 25.9 Å². The van der Waals surface area contributed by atoms with Crippen LogP contribution < -0.4 is 5.32 Å². The van der Waals surface area contributed by atoms with Crippen LogP contribution in [0.5, 0.6) is 0 Å². The van der Waals surface area contributed by atoms with E-state index in [-0.39, 0.29) is 17.3 Å². The summed E-state index contributed by atoms with van der Waals surface area (Å²) < 4.78 is 17.5. The third-order valence-electron chi connectivity index (χ3n) is 4.86. The van der Waals surface area contributed by atoms with E-state index in [0.717, 1.165) is 11.3 Å². The first-order chi connectivity index (χ1) is 14.9. The molecule has 0 saturated heterocycles. The van der Waals surface area contributed by atoms with Gasteiger partial charge in [-0.25, -0.2) is 9.37 Å². The van der Waals surface area contributed by atoms with Gasteiger partial charge in [-0.15, -0.1) is 5.10 Å². The van der Waals surface area contributed by atoms with Gasteiger partial charge in [0.15, 0.2) is 11.0 Å². The highest BCUT2D eigenvalue weighted by atomic mass is 32.2. The molecule has 0 aliphatic heterocycles. The van der Waals surface area contributed by atoms with E-state index in [4.69, 9.17) is 0 Å². The van der Waals surface area contributed by atoms with Crippen LogP contribution in [0.25, 0.3) is 11.4 Å². The van der Waals surface area contributed by atoms with Gasteiger partial charge in [-0.1, -0.05) is 23.9 Å². The maximum absolute atomic E-state index is 14.2. The Morgan fingerprint density at radius 2 is 2.00 bits per heavy atom. The maximum Gasteiger partial charge on any atom is 0.234 e. The van der Waals surface area contributed by atoms with Crippen molar-refractivity contribution in [3.05, 3.63) is 71.6 Å². The van der Waals surface area contributed by atoms with Gasteiger partial charge in [0.25, 0.3) is 0 Å². The molecule has 2 aromatic carbocycles. The van der Waals surface area contributed by atoms with Gasteiger partial charge < -0.3 is 5.32 Å². The molecule has 2 aromatic heterocycles. The summed E-state index contributed by atoms with van der Waals surface area (Å²) in [5, 5.41) is 14.6. The number of tetrazole rings is 1. The second-order valence-electron chi connectivity index (χ2n) is 6.94. The van der Waals surface area contributed by atoms with E-state index in [9.17, 15) is 9.18 Å². The molecule has 8 nitrogen and oxygen atoms in total. The number of thioether (sulfide) groups is 1. The molecular formula is C21H20FN7OS. The lowest BCUT2D eigenvalue weighted by Crippen LogP contribution is -2.15. The fraction of sp³-hybridized carbons (Fsp3) is 0.190. The number of anilines is 1. The lowest BCUT2D eigenvalue weighted by molar-refractivity contribution is -0.113. The fourth-order valence-electron chi connectivity index (χ4n) is 3.11. The first-order valence-electron chi connectivity index (χ1n) is 9.51.